The topological polar surface area (TPSA) is 44.4 Å². The first-order valence-corrected chi connectivity index (χ1v) is 7.62. The van der Waals surface area contributed by atoms with Crippen LogP contribution in [0, 0.1) is 11.2 Å². The zero-order valence-corrected chi connectivity index (χ0v) is 13.8. The molecule has 3 rings (SSSR count). The lowest BCUT2D eigenvalue weighted by Crippen LogP contribution is -2.34. The largest absolute Gasteiger partial charge is 0.325 e. The van der Waals surface area contributed by atoms with E-state index in [-0.39, 0.29) is 23.3 Å². The second-order valence-corrected chi connectivity index (χ2v) is 6.47. The Morgan fingerprint density at radius 1 is 1.45 bits per heavy atom. The van der Waals surface area contributed by atoms with Gasteiger partial charge in [0.2, 0.25) is 5.91 Å². The Labute approximate surface area is 140 Å². The van der Waals surface area contributed by atoms with E-state index in [1.165, 1.54) is 24.6 Å². The first-order chi connectivity index (χ1) is 10.1. The van der Waals surface area contributed by atoms with Gasteiger partial charge in [0.05, 0.1) is 11.6 Å². The molecule has 0 aliphatic carbocycles. The number of likely N-dealkylation sites (tertiary alicyclic amines) is 1. The molecule has 2 aliphatic heterocycles. The van der Waals surface area contributed by atoms with Crippen LogP contribution in [0.15, 0.2) is 18.2 Å². The van der Waals surface area contributed by atoms with E-state index < -0.39 is 5.82 Å². The number of nitrogens with zero attached hydrogens (tertiary/aromatic N) is 1. The average Bonchev–Trinajstić information content (AvgIpc) is 3.05. The number of carbonyl (C=O) groups is 1. The van der Waals surface area contributed by atoms with E-state index in [9.17, 15) is 9.18 Å². The quantitative estimate of drug-likeness (QED) is 0.882. The van der Waals surface area contributed by atoms with Crippen LogP contribution in [0.2, 0.25) is 5.02 Å². The summed E-state index contributed by atoms with van der Waals surface area (Å²) in [5, 5.41) is 6.19. The minimum atomic E-state index is -0.482. The van der Waals surface area contributed by atoms with Crippen molar-refractivity contribution in [2.24, 2.45) is 5.41 Å². The Morgan fingerprint density at radius 2 is 2.27 bits per heavy atom. The van der Waals surface area contributed by atoms with Crippen LogP contribution in [-0.2, 0) is 4.79 Å². The maximum atomic E-state index is 13.1. The smallest absolute Gasteiger partial charge is 0.238 e. The Bertz CT molecular complexity index is 550. The normalized spacial score (nSPS) is 24.5. The fourth-order valence-electron chi connectivity index (χ4n) is 3.28. The molecule has 2 N–H and O–H groups in total. The molecule has 1 atom stereocenters. The van der Waals surface area contributed by atoms with Crippen LogP contribution in [-0.4, -0.2) is 43.5 Å². The summed E-state index contributed by atoms with van der Waals surface area (Å²) in [4.78, 5) is 14.3. The fourth-order valence-corrected chi connectivity index (χ4v) is 3.46. The second-order valence-electron chi connectivity index (χ2n) is 6.06. The molecule has 0 bridgehead atoms. The number of hydrogen-bond donors (Lipinski definition) is 2. The molecule has 2 heterocycles. The number of amides is 1. The van der Waals surface area contributed by atoms with E-state index in [2.05, 4.69) is 15.5 Å². The van der Waals surface area contributed by atoms with Crippen LogP contribution in [0.3, 0.4) is 0 Å². The second kappa shape index (κ2) is 7.13. The van der Waals surface area contributed by atoms with Gasteiger partial charge in [-0.05, 0) is 49.5 Å². The summed E-state index contributed by atoms with van der Waals surface area (Å²) in [6, 6.07) is 4.21. The van der Waals surface area contributed by atoms with Crippen molar-refractivity contribution in [3.63, 3.8) is 0 Å². The van der Waals surface area contributed by atoms with Crippen LogP contribution in [0.25, 0.3) is 0 Å². The van der Waals surface area contributed by atoms with Gasteiger partial charge in [0, 0.05) is 18.8 Å². The third kappa shape index (κ3) is 3.90. The summed E-state index contributed by atoms with van der Waals surface area (Å²) >= 11 is 5.71. The lowest BCUT2D eigenvalue weighted by Gasteiger charge is -2.22. The van der Waals surface area contributed by atoms with Gasteiger partial charge in [-0.25, -0.2) is 4.39 Å². The maximum Gasteiger partial charge on any atom is 0.238 e. The lowest BCUT2D eigenvalue weighted by atomic mass is 9.87. The van der Waals surface area contributed by atoms with E-state index in [1.54, 1.807) is 0 Å². The summed E-state index contributed by atoms with van der Waals surface area (Å²) in [7, 11) is 0. The van der Waals surface area contributed by atoms with Gasteiger partial charge in [0.25, 0.3) is 0 Å². The number of carbonyl (C=O) groups excluding carboxylic acids is 1. The van der Waals surface area contributed by atoms with Gasteiger partial charge >= 0.3 is 0 Å². The van der Waals surface area contributed by atoms with Gasteiger partial charge in [0.15, 0.2) is 0 Å². The molecule has 4 nitrogen and oxygen atoms in total. The molecule has 22 heavy (non-hydrogen) atoms. The molecule has 2 fully saturated rings. The van der Waals surface area contributed by atoms with E-state index in [4.69, 9.17) is 11.6 Å². The highest BCUT2D eigenvalue weighted by Crippen LogP contribution is 2.35. The zero-order chi connectivity index (χ0) is 14.9. The number of anilines is 1. The van der Waals surface area contributed by atoms with Gasteiger partial charge in [-0.1, -0.05) is 11.6 Å². The van der Waals surface area contributed by atoms with Crippen molar-refractivity contribution in [3.05, 3.63) is 29.0 Å². The van der Waals surface area contributed by atoms with E-state index in [1.807, 2.05) is 0 Å². The SMILES string of the molecule is Cl.O=C(CN1CCC2(CCNC2)C1)Nc1ccc(F)c(Cl)c1. The van der Waals surface area contributed by atoms with E-state index in [0.717, 1.165) is 32.6 Å². The molecular weight excluding hydrogens is 328 g/mol. The van der Waals surface area contributed by atoms with Crippen molar-refractivity contribution in [1.82, 2.24) is 10.2 Å². The molecule has 7 heteroatoms. The van der Waals surface area contributed by atoms with E-state index in [0.29, 0.717) is 17.6 Å². The van der Waals surface area contributed by atoms with Crippen molar-refractivity contribution in [3.8, 4) is 0 Å². The molecule has 1 aromatic carbocycles. The van der Waals surface area contributed by atoms with Gasteiger partial charge in [-0.2, -0.15) is 0 Å². The Balaban J connectivity index is 0.00000176. The molecule has 122 valence electrons. The Hall–Kier alpha value is -0.880. The van der Waals surface area contributed by atoms with E-state index >= 15 is 0 Å². The minimum Gasteiger partial charge on any atom is -0.325 e. The molecule has 1 amide bonds. The molecule has 0 radical (unpaired) electrons. The summed E-state index contributed by atoms with van der Waals surface area (Å²) in [6.45, 7) is 4.43. The van der Waals surface area contributed by atoms with Crippen LogP contribution >= 0.6 is 24.0 Å². The molecular formula is C15H20Cl2FN3O. The monoisotopic (exact) mass is 347 g/mol. The first-order valence-electron chi connectivity index (χ1n) is 7.24. The Kier molecular flexibility index (Phi) is 5.66. The summed E-state index contributed by atoms with van der Waals surface area (Å²) < 4.78 is 13.1. The zero-order valence-electron chi connectivity index (χ0n) is 12.2. The number of nitrogens with one attached hydrogen (secondary N) is 2. The number of hydrogen-bond acceptors (Lipinski definition) is 3. The first kappa shape index (κ1) is 17.5. The van der Waals surface area contributed by atoms with Gasteiger partial charge < -0.3 is 10.6 Å². The number of halogens is 3. The minimum absolute atomic E-state index is 0. The Morgan fingerprint density at radius 3 is 2.95 bits per heavy atom. The van der Waals surface area contributed by atoms with Crippen LogP contribution < -0.4 is 10.6 Å². The third-order valence-electron chi connectivity index (χ3n) is 4.42. The van der Waals surface area contributed by atoms with Crippen molar-refractivity contribution in [2.75, 3.05) is 38.0 Å². The summed E-state index contributed by atoms with van der Waals surface area (Å²) in [5.74, 6) is -0.564. The molecule has 1 aromatic rings. The van der Waals surface area contributed by atoms with Gasteiger partial charge in [-0.15, -0.1) is 12.4 Å². The molecule has 0 aromatic heterocycles. The van der Waals surface area contributed by atoms with Crippen molar-refractivity contribution in [2.45, 2.75) is 12.8 Å². The van der Waals surface area contributed by atoms with Crippen LogP contribution in [0.5, 0.6) is 0 Å². The predicted molar refractivity (Wildman–Crippen MR) is 88.3 cm³/mol. The van der Waals surface area contributed by atoms with Crippen molar-refractivity contribution >= 4 is 35.6 Å². The number of rotatable bonds is 3. The summed E-state index contributed by atoms with van der Waals surface area (Å²) in [5.41, 5.74) is 0.891. The van der Waals surface area contributed by atoms with Gasteiger partial charge in [-0.3, -0.25) is 9.69 Å². The lowest BCUT2D eigenvalue weighted by molar-refractivity contribution is -0.117. The molecule has 1 spiro atoms. The standard InChI is InChI=1S/C15H19ClFN3O.ClH/c16-12-7-11(1-2-13(12)17)19-14(21)8-20-6-4-15(10-20)3-5-18-9-15;/h1-2,7,18H,3-6,8-10H2,(H,19,21);1H. The molecule has 0 saturated carbocycles. The molecule has 2 aliphatic rings. The molecule has 2 saturated heterocycles. The fraction of sp³-hybridized carbons (Fsp3) is 0.533. The summed E-state index contributed by atoms with van der Waals surface area (Å²) in [6.07, 6.45) is 2.34. The highest BCUT2D eigenvalue weighted by molar-refractivity contribution is 6.31. The molecule has 1 unspecified atom stereocenters. The van der Waals surface area contributed by atoms with Gasteiger partial charge in [0.1, 0.15) is 5.82 Å². The number of benzene rings is 1. The highest BCUT2D eigenvalue weighted by Gasteiger charge is 2.40. The van der Waals surface area contributed by atoms with Crippen LogP contribution in [0.1, 0.15) is 12.8 Å². The van der Waals surface area contributed by atoms with Crippen molar-refractivity contribution in [1.29, 1.82) is 0 Å². The van der Waals surface area contributed by atoms with Crippen molar-refractivity contribution < 1.29 is 9.18 Å². The average molecular weight is 348 g/mol. The predicted octanol–water partition coefficient (Wildman–Crippen LogP) is 2.52. The van der Waals surface area contributed by atoms with Crippen LogP contribution in [0.4, 0.5) is 10.1 Å². The maximum absolute atomic E-state index is 13.1. The third-order valence-corrected chi connectivity index (χ3v) is 4.71. The highest BCUT2D eigenvalue weighted by atomic mass is 35.5.